The Labute approximate surface area is 205 Å². The van der Waals surface area contributed by atoms with Crippen LogP contribution in [-0.4, -0.2) is 12.6 Å². The van der Waals surface area contributed by atoms with Crippen LogP contribution in [0.5, 0.6) is 11.5 Å². The van der Waals surface area contributed by atoms with Crippen molar-refractivity contribution >= 4 is 5.97 Å². The summed E-state index contributed by atoms with van der Waals surface area (Å²) in [5.74, 6) is -1.89. The highest BCUT2D eigenvalue weighted by molar-refractivity contribution is 5.75. The first kappa shape index (κ1) is 26.0. The number of alkyl halides is 2. The molecule has 3 saturated carbocycles. The minimum Gasteiger partial charge on any atom is -0.429 e. The molecule has 4 rings (SSSR count). The highest BCUT2D eigenvalue weighted by Gasteiger charge is 2.43. The van der Waals surface area contributed by atoms with Gasteiger partial charge in [0.2, 0.25) is 0 Å². The lowest BCUT2D eigenvalue weighted by atomic mass is 9.59. The van der Waals surface area contributed by atoms with Crippen molar-refractivity contribution in [2.24, 2.45) is 35.5 Å². The van der Waals surface area contributed by atoms with Crippen LogP contribution in [0.4, 0.5) is 17.6 Å². The number of esters is 1. The van der Waals surface area contributed by atoms with Gasteiger partial charge >= 0.3 is 12.6 Å². The Morgan fingerprint density at radius 3 is 2.31 bits per heavy atom. The highest BCUT2D eigenvalue weighted by atomic mass is 19.3. The van der Waals surface area contributed by atoms with Crippen molar-refractivity contribution in [3.05, 3.63) is 36.4 Å². The van der Waals surface area contributed by atoms with Gasteiger partial charge in [-0.05, 0) is 81.0 Å². The van der Waals surface area contributed by atoms with Gasteiger partial charge in [0.05, 0.1) is 5.92 Å². The van der Waals surface area contributed by atoms with E-state index in [0.717, 1.165) is 68.4 Å². The second-order valence-electron chi connectivity index (χ2n) is 10.7. The number of rotatable bonds is 8. The molecule has 3 fully saturated rings. The molecule has 0 radical (unpaired) electrons. The average Bonchev–Trinajstić information content (AvgIpc) is 2.84. The van der Waals surface area contributed by atoms with Gasteiger partial charge in [-0.15, -0.1) is 6.58 Å². The largest absolute Gasteiger partial charge is 0.429 e. The van der Waals surface area contributed by atoms with E-state index in [1.54, 1.807) is 0 Å². The smallest absolute Gasteiger partial charge is 0.387 e. The van der Waals surface area contributed by atoms with Gasteiger partial charge in [-0.2, -0.15) is 8.78 Å². The molecule has 0 saturated heterocycles. The number of carbonyl (C=O) groups excluding carboxylic acids is 1. The molecule has 3 aliphatic carbocycles. The number of benzene rings is 1. The third kappa shape index (κ3) is 6.39. The van der Waals surface area contributed by atoms with Crippen molar-refractivity contribution in [3.8, 4) is 11.5 Å². The van der Waals surface area contributed by atoms with Gasteiger partial charge in [-0.3, -0.25) is 4.79 Å². The first-order chi connectivity index (χ1) is 16.9. The Morgan fingerprint density at radius 2 is 1.66 bits per heavy atom. The zero-order valence-electron chi connectivity index (χ0n) is 20.2. The first-order valence-electron chi connectivity index (χ1n) is 13.1. The molecule has 4 unspecified atom stereocenters. The average molecular weight is 497 g/mol. The summed E-state index contributed by atoms with van der Waals surface area (Å²) in [6, 6.07) is 1.45. The normalized spacial score (nSPS) is 31.0. The van der Waals surface area contributed by atoms with E-state index in [2.05, 4.69) is 11.3 Å². The molecule has 7 heteroatoms. The Morgan fingerprint density at radius 1 is 0.971 bits per heavy atom. The molecular formula is C28H36F4O3. The molecule has 1 aromatic rings. The fourth-order valence-electron chi connectivity index (χ4n) is 7.01. The van der Waals surface area contributed by atoms with E-state index in [-0.39, 0.29) is 17.6 Å². The molecule has 0 aliphatic heterocycles. The van der Waals surface area contributed by atoms with Crippen molar-refractivity contribution in [2.45, 2.75) is 83.7 Å². The summed E-state index contributed by atoms with van der Waals surface area (Å²) in [4.78, 5) is 13.0. The van der Waals surface area contributed by atoms with Gasteiger partial charge in [0.15, 0.2) is 17.4 Å². The van der Waals surface area contributed by atoms with Gasteiger partial charge in [-0.1, -0.05) is 31.8 Å². The summed E-state index contributed by atoms with van der Waals surface area (Å²) < 4.78 is 62.0. The number of halogens is 4. The second-order valence-corrected chi connectivity index (χ2v) is 10.7. The predicted octanol–water partition coefficient (Wildman–Crippen LogP) is 8.08. The third-order valence-electron chi connectivity index (χ3n) is 8.73. The standard InChI is InChI=1S/C28H36F4O3/c1-2-3-5-17-8-10-18(11-9-17)19-12-13-22-20(14-19)6-4-7-23(22)27(33)34-21-15-24(29)26(25(30)16-21)35-28(31)32/h2,15-20,22-23,28H,1,3-14H2. The lowest BCUT2D eigenvalue weighted by Gasteiger charge is -2.46. The second kappa shape index (κ2) is 11.8. The molecule has 3 nitrogen and oxygen atoms in total. The number of carbonyl (C=O) groups is 1. The fraction of sp³-hybridized carbons (Fsp3) is 0.679. The molecule has 1 aromatic carbocycles. The van der Waals surface area contributed by atoms with Crippen LogP contribution >= 0.6 is 0 Å². The zero-order valence-corrected chi connectivity index (χ0v) is 20.2. The van der Waals surface area contributed by atoms with Crippen molar-refractivity contribution in [1.29, 1.82) is 0 Å². The van der Waals surface area contributed by atoms with Crippen molar-refractivity contribution < 1.29 is 31.8 Å². The SMILES string of the molecule is C=CCCC1CCC(C2CCC3C(CCCC3C(=O)Oc3cc(F)c(OC(F)F)c(F)c3)C2)CC1. The van der Waals surface area contributed by atoms with Crippen LogP contribution in [0.25, 0.3) is 0 Å². The maximum atomic E-state index is 14.0. The molecule has 194 valence electrons. The molecule has 0 heterocycles. The van der Waals surface area contributed by atoms with E-state index in [1.165, 1.54) is 32.1 Å². The number of hydrogen-bond acceptors (Lipinski definition) is 3. The molecule has 0 spiro atoms. The molecule has 0 bridgehead atoms. The van der Waals surface area contributed by atoms with Crippen molar-refractivity contribution in [3.63, 3.8) is 0 Å². The summed E-state index contributed by atoms with van der Waals surface area (Å²) in [7, 11) is 0. The molecule has 3 aliphatic rings. The summed E-state index contributed by atoms with van der Waals surface area (Å²) in [6.07, 6.45) is 15.6. The summed E-state index contributed by atoms with van der Waals surface area (Å²) in [5, 5.41) is 0. The van der Waals surface area contributed by atoms with Crippen LogP contribution in [0.3, 0.4) is 0 Å². The Hall–Kier alpha value is -2.05. The molecule has 0 amide bonds. The monoisotopic (exact) mass is 496 g/mol. The highest BCUT2D eigenvalue weighted by Crippen LogP contribution is 2.50. The van der Waals surface area contributed by atoms with Crippen molar-refractivity contribution in [1.82, 2.24) is 0 Å². The predicted molar refractivity (Wildman–Crippen MR) is 125 cm³/mol. The first-order valence-corrected chi connectivity index (χ1v) is 13.1. The van der Waals surface area contributed by atoms with Gasteiger partial charge in [0.1, 0.15) is 5.75 Å². The molecule has 0 N–H and O–H groups in total. The third-order valence-corrected chi connectivity index (χ3v) is 8.73. The van der Waals surface area contributed by atoms with Gasteiger partial charge in [0.25, 0.3) is 0 Å². The van der Waals surface area contributed by atoms with Crippen LogP contribution in [0.15, 0.2) is 24.8 Å². The van der Waals surface area contributed by atoms with Crippen LogP contribution < -0.4 is 9.47 Å². The van der Waals surface area contributed by atoms with E-state index in [0.29, 0.717) is 12.3 Å². The van der Waals surface area contributed by atoms with E-state index in [4.69, 9.17) is 4.74 Å². The minimum absolute atomic E-state index is 0.229. The fourth-order valence-corrected chi connectivity index (χ4v) is 7.01. The topological polar surface area (TPSA) is 35.5 Å². The minimum atomic E-state index is -3.35. The number of hydrogen-bond donors (Lipinski definition) is 0. The Kier molecular flexibility index (Phi) is 8.77. The number of ether oxygens (including phenoxy) is 2. The number of allylic oxidation sites excluding steroid dienone is 1. The van der Waals surface area contributed by atoms with Crippen LogP contribution in [0, 0.1) is 47.1 Å². The van der Waals surface area contributed by atoms with Crippen LogP contribution in [-0.2, 0) is 4.79 Å². The van der Waals surface area contributed by atoms with E-state index >= 15 is 0 Å². The molecular weight excluding hydrogens is 460 g/mol. The van der Waals surface area contributed by atoms with Gasteiger partial charge < -0.3 is 9.47 Å². The maximum Gasteiger partial charge on any atom is 0.387 e. The van der Waals surface area contributed by atoms with Crippen LogP contribution in [0.1, 0.15) is 77.0 Å². The van der Waals surface area contributed by atoms with E-state index in [1.807, 2.05) is 6.08 Å². The molecule has 4 atom stereocenters. The van der Waals surface area contributed by atoms with Crippen LogP contribution in [0.2, 0.25) is 0 Å². The summed E-state index contributed by atoms with van der Waals surface area (Å²) in [6.45, 7) is 0.485. The van der Waals surface area contributed by atoms with Gasteiger partial charge in [0, 0.05) is 12.1 Å². The van der Waals surface area contributed by atoms with Gasteiger partial charge in [-0.25, -0.2) is 8.78 Å². The lowest BCUT2D eigenvalue weighted by Crippen LogP contribution is -2.40. The van der Waals surface area contributed by atoms with E-state index in [9.17, 15) is 22.4 Å². The molecule has 0 aromatic heterocycles. The van der Waals surface area contributed by atoms with E-state index < -0.39 is 30.0 Å². The molecule has 35 heavy (non-hydrogen) atoms. The summed E-state index contributed by atoms with van der Waals surface area (Å²) in [5.41, 5.74) is 0. The quantitative estimate of drug-likeness (QED) is 0.158. The summed E-state index contributed by atoms with van der Waals surface area (Å²) >= 11 is 0. The van der Waals surface area contributed by atoms with Crippen molar-refractivity contribution in [2.75, 3.05) is 0 Å². The number of fused-ring (bicyclic) bond motifs is 1. The lowest BCUT2D eigenvalue weighted by molar-refractivity contribution is -0.144. The maximum absolute atomic E-state index is 14.0. The zero-order chi connectivity index (χ0) is 24.9. The Bertz CT molecular complexity index is 858. The Balaban J connectivity index is 1.33.